The van der Waals surface area contributed by atoms with Gasteiger partial charge in [-0.05, 0) is 11.5 Å². The highest BCUT2D eigenvalue weighted by atomic mass is 19.1. The van der Waals surface area contributed by atoms with Crippen LogP contribution in [0.5, 0.6) is 0 Å². The van der Waals surface area contributed by atoms with Gasteiger partial charge in [0.25, 0.3) is 11.6 Å². The molecule has 0 aliphatic rings. The van der Waals surface area contributed by atoms with Crippen LogP contribution in [0.2, 0.25) is 0 Å². The summed E-state index contributed by atoms with van der Waals surface area (Å²) in [6.45, 7) is 4.83. The predicted molar refractivity (Wildman–Crippen MR) is 71.4 cm³/mol. The number of hydrogen-bond acceptors (Lipinski definition) is 4. The monoisotopic (exact) mass is 298 g/mol. The van der Waals surface area contributed by atoms with Gasteiger partial charge in [0.15, 0.2) is 0 Å². The van der Waals surface area contributed by atoms with E-state index in [1.165, 1.54) is 0 Å². The summed E-state index contributed by atoms with van der Waals surface area (Å²) in [7, 11) is 0. The van der Waals surface area contributed by atoms with Crippen LogP contribution in [0.25, 0.3) is 0 Å². The molecule has 0 aromatic heterocycles. The van der Waals surface area contributed by atoms with Crippen LogP contribution in [-0.2, 0) is 4.79 Å². The number of halogens is 1. The summed E-state index contributed by atoms with van der Waals surface area (Å²) < 4.78 is 13.7. The zero-order valence-electron chi connectivity index (χ0n) is 11.7. The SMILES string of the molecule is CC(C)(C)[C@H](NC(=O)c1ccc([N+](=O)[O-])cc1F)C(=O)O. The summed E-state index contributed by atoms with van der Waals surface area (Å²) in [4.78, 5) is 32.8. The summed E-state index contributed by atoms with van der Waals surface area (Å²) in [5, 5.41) is 21.8. The van der Waals surface area contributed by atoms with Crippen molar-refractivity contribution in [3.63, 3.8) is 0 Å². The second kappa shape index (κ2) is 5.86. The summed E-state index contributed by atoms with van der Waals surface area (Å²) in [5.74, 6) is -3.28. The van der Waals surface area contributed by atoms with Gasteiger partial charge in [0.2, 0.25) is 0 Å². The molecule has 0 saturated heterocycles. The number of non-ortho nitro benzene ring substituents is 1. The van der Waals surface area contributed by atoms with Crippen molar-refractivity contribution in [1.82, 2.24) is 5.32 Å². The highest BCUT2D eigenvalue weighted by Crippen LogP contribution is 2.21. The lowest BCUT2D eigenvalue weighted by atomic mass is 9.86. The third-order valence-corrected chi connectivity index (χ3v) is 2.80. The van der Waals surface area contributed by atoms with E-state index in [1.54, 1.807) is 20.8 Å². The molecule has 0 radical (unpaired) electrons. The Bertz CT molecular complexity index is 595. The van der Waals surface area contributed by atoms with Crippen LogP contribution in [0.4, 0.5) is 10.1 Å². The first-order valence-electron chi connectivity index (χ1n) is 6.01. The van der Waals surface area contributed by atoms with E-state index in [4.69, 9.17) is 5.11 Å². The van der Waals surface area contributed by atoms with Crippen molar-refractivity contribution >= 4 is 17.6 Å². The lowest BCUT2D eigenvalue weighted by Gasteiger charge is -2.27. The summed E-state index contributed by atoms with van der Waals surface area (Å²) >= 11 is 0. The number of carboxylic acid groups (broad SMARTS) is 1. The Morgan fingerprint density at radius 2 is 1.95 bits per heavy atom. The second-order valence-corrected chi connectivity index (χ2v) is 5.53. The summed E-state index contributed by atoms with van der Waals surface area (Å²) in [6, 6.07) is 1.32. The number of nitrogens with one attached hydrogen (secondary N) is 1. The van der Waals surface area contributed by atoms with Crippen LogP contribution in [-0.4, -0.2) is 27.9 Å². The Labute approximate surface area is 119 Å². The Kier molecular flexibility index (Phi) is 4.62. The number of nitro benzene ring substituents is 1. The molecule has 1 amide bonds. The maximum absolute atomic E-state index is 13.7. The molecule has 21 heavy (non-hydrogen) atoms. The van der Waals surface area contributed by atoms with Gasteiger partial charge in [-0.25, -0.2) is 9.18 Å². The Balaban J connectivity index is 3.04. The molecule has 1 aromatic carbocycles. The van der Waals surface area contributed by atoms with Crippen molar-refractivity contribution in [2.45, 2.75) is 26.8 Å². The molecule has 0 bridgehead atoms. The van der Waals surface area contributed by atoms with E-state index in [0.29, 0.717) is 6.07 Å². The fraction of sp³-hybridized carbons (Fsp3) is 0.385. The van der Waals surface area contributed by atoms with Gasteiger partial charge in [0.1, 0.15) is 11.9 Å². The summed E-state index contributed by atoms with van der Waals surface area (Å²) in [6.07, 6.45) is 0. The molecule has 0 saturated carbocycles. The molecule has 1 atom stereocenters. The zero-order valence-corrected chi connectivity index (χ0v) is 11.7. The highest BCUT2D eigenvalue weighted by molar-refractivity contribution is 5.97. The van der Waals surface area contributed by atoms with Gasteiger partial charge in [0, 0.05) is 6.07 Å². The standard InChI is InChI=1S/C13H15FN2O5/c1-13(2,3)10(12(18)19)15-11(17)8-5-4-7(16(20)21)6-9(8)14/h4-6,10H,1-3H3,(H,15,17)(H,18,19)/t10-/m1/s1. The number of amides is 1. The van der Waals surface area contributed by atoms with Crippen LogP contribution in [0.1, 0.15) is 31.1 Å². The van der Waals surface area contributed by atoms with E-state index in [9.17, 15) is 24.1 Å². The molecule has 0 aliphatic carbocycles. The third kappa shape index (κ3) is 3.98. The lowest BCUT2D eigenvalue weighted by Crippen LogP contribution is -2.49. The van der Waals surface area contributed by atoms with E-state index in [1.807, 2.05) is 0 Å². The molecule has 0 heterocycles. The minimum absolute atomic E-state index is 0.448. The predicted octanol–water partition coefficient (Wildman–Crippen LogP) is 1.96. The van der Waals surface area contributed by atoms with Crippen molar-refractivity contribution in [2.75, 3.05) is 0 Å². The number of carboxylic acids is 1. The number of nitrogens with zero attached hydrogens (tertiary/aromatic N) is 1. The molecule has 1 rings (SSSR count). The smallest absolute Gasteiger partial charge is 0.326 e. The average molecular weight is 298 g/mol. The van der Waals surface area contributed by atoms with E-state index in [0.717, 1.165) is 12.1 Å². The average Bonchev–Trinajstić information content (AvgIpc) is 2.33. The molecule has 2 N–H and O–H groups in total. The van der Waals surface area contributed by atoms with Crippen LogP contribution in [0.15, 0.2) is 18.2 Å². The van der Waals surface area contributed by atoms with Gasteiger partial charge < -0.3 is 10.4 Å². The first kappa shape index (κ1) is 16.5. The third-order valence-electron chi connectivity index (χ3n) is 2.80. The Morgan fingerprint density at radius 3 is 2.33 bits per heavy atom. The molecule has 114 valence electrons. The number of carbonyl (C=O) groups excluding carboxylic acids is 1. The largest absolute Gasteiger partial charge is 0.480 e. The number of nitro groups is 1. The molecule has 0 spiro atoms. The molecule has 0 aliphatic heterocycles. The van der Waals surface area contributed by atoms with Gasteiger partial charge in [-0.1, -0.05) is 20.8 Å². The van der Waals surface area contributed by atoms with Crippen LogP contribution in [0.3, 0.4) is 0 Å². The summed E-state index contributed by atoms with van der Waals surface area (Å²) in [5.41, 5.74) is -1.72. The quantitative estimate of drug-likeness (QED) is 0.652. The fourth-order valence-electron chi connectivity index (χ4n) is 1.66. The molecular formula is C13H15FN2O5. The molecule has 0 fully saturated rings. The second-order valence-electron chi connectivity index (χ2n) is 5.53. The number of carbonyl (C=O) groups is 2. The molecule has 8 heteroatoms. The van der Waals surface area contributed by atoms with Crippen molar-refractivity contribution in [3.8, 4) is 0 Å². The Hall–Kier alpha value is -2.51. The highest BCUT2D eigenvalue weighted by Gasteiger charge is 2.33. The van der Waals surface area contributed by atoms with E-state index < -0.39 is 45.3 Å². The van der Waals surface area contributed by atoms with Crippen LogP contribution in [0, 0.1) is 21.3 Å². The van der Waals surface area contributed by atoms with Crippen LogP contribution < -0.4 is 5.32 Å². The van der Waals surface area contributed by atoms with Gasteiger partial charge in [0.05, 0.1) is 16.6 Å². The molecular weight excluding hydrogens is 283 g/mol. The van der Waals surface area contributed by atoms with E-state index in [2.05, 4.69) is 5.32 Å². The Morgan fingerprint density at radius 1 is 1.38 bits per heavy atom. The number of benzene rings is 1. The molecule has 1 aromatic rings. The van der Waals surface area contributed by atoms with Gasteiger partial charge in [-0.2, -0.15) is 0 Å². The fourth-order valence-corrected chi connectivity index (χ4v) is 1.66. The normalized spacial score (nSPS) is 12.6. The van der Waals surface area contributed by atoms with Crippen molar-refractivity contribution < 1.29 is 24.0 Å². The van der Waals surface area contributed by atoms with Crippen molar-refractivity contribution in [3.05, 3.63) is 39.7 Å². The van der Waals surface area contributed by atoms with Gasteiger partial charge in [-0.3, -0.25) is 14.9 Å². The van der Waals surface area contributed by atoms with Gasteiger partial charge >= 0.3 is 5.97 Å². The number of rotatable bonds is 4. The van der Waals surface area contributed by atoms with Crippen LogP contribution >= 0.6 is 0 Å². The van der Waals surface area contributed by atoms with E-state index >= 15 is 0 Å². The minimum atomic E-state index is -1.25. The lowest BCUT2D eigenvalue weighted by molar-refractivity contribution is -0.385. The first-order valence-corrected chi connectivity index (χ1v) is 6.01. The maximum Gasteiger partial charge on any atom is 0.326 e. The number of hydrogen-bond donors (Lipinski definition) is 2. The first-order chi connectivity index (χ1) is 9.54. The topological polar surface area (TPSA) is 110 Å². The zero-order chi connectivity index (χ0) is 16.4. The van der Waals surface area contributed by atoms with Crippen molar-refractivity contribution in [1.29, 1.82) is 0 Å². The maximum atomic E-state index is 13.7. The number of aliphatic carboxylic acids is 1. The molecule has 0 unspecified atom stereocenters. The van der Waals surface area contributed by atoms with E-state index in [-0.39, 0.29) is 0 Å². The minimum Gasteiger partial charge on any atom is -0.480 e. The molecule has 7 nitrogen and oxygen atoms in total. The van der Waals surface area contributed by atoms with Crippen molar-refractivity contribution in [2.24, 2.45) is 5.41 Å². The van der Waals surface area contributed by atoms with Gasteiger partial charge in [-0.15, -0.1) is 0 Å².